The zero-order chi connectivity index (χ0) is 18.9. The first-order valence-electron chi connectivity index (χ1n) is 10.3. The van der Waals surface area contributed by atoms with E-state index in [2.05, 4.69) is 32.9 Å². The summed E-state index contributed by atoms with van der Waals surface area (Å²) in [5.41, 5.74) is 2.22. The Morgan fingerprint density at radius 2 is 1.48 bits per heavy atom. The van der Waals surface area contributed by atoms with Gasteiger partial charge in [-0.2, -0.15) is 0 Å². The summed E-state index contributed by atoms with van der Waals surface area (Å²) in [5.74, 6) is 0.918. The second-order valence-electron chi connectivity index (χ2n) is 6.94. The number of rotatable bonds is 8. The summed E-state index contributed by atoms with van der Waals surface area (Å²) >= 11 is 0. The number of aliphatic hydroxyl groups is 1. The number of benzene rings is 1. The molecule has 25 heavy (non-hydrogen) atoms. The van der Waals surface area contributed by atoms with Crippen LogP contribution in [0.4, 0.5) is 0 Å². The molecule has 0 atom stereocenters. The molecule has 0 heterocycles. The molecule has 0 radical (unpaired) electrons. The molecule has 1 aromatic rings. The van der Waals surface area contributed by atoms with Crippen LogP contribution in [0.25, 0.3) is 0 Å². The van der Waals surface area contributed by atoms with Gasteiger partial charge in [-0.05, 0) is 37.7 Å². The van der Waals surface area contributed by atoms with Crippen LogP contribution in [-0.2, 0) is 0 Å². The lowest BCUT2D eigenvalue weighted by Crippen LogP contribution is -2.08. The average Bonchev–Trinajstić information content (AvgIpc) is 2.59. The van der Waals surface area contributed by atoms with Gasteiger partial charge in [-0.3, -0.25) is 4.79 Å². The van der Waals surface area contributed by atoms with Crippen LogP contribution in [-0.4, -0.2) is 17.5 Å². The third kappa shape index (κ3) is 11.9. The summed E-state index contributed by atoms with van der Waals surface area (Å²) in [6.07, 6.45) is 12.7. The van der Waals surface area contributed by atoms with E-state index in [1.54, 1.807) is 6.92 Å². The van der Waals surface area contributed by atoms with Crippen LogP contribution in [0.5, 0.6) is 0 Å². The molecule has 1 saturated carbocycles. The molecule has 1 aromatic carbocycles. The largest absolute Gasteiger partial charge is 0.396 e. The monoisotopic (exact) mass is 348 g/mol. The van der Waals surface area contributed by atoms with Crippen LogP contribution in [0.2, 0.25) is 0 Å². The molecule has 0 saturated heterocycles. The van der Waals surface area contributed by atoms with Crippen molar-refractivity contribution in [1.29, 1.82) is 0 Å². The van der Waals surface area contributed by atoms with Gasteiger partial charge in [0.1, 0.15) is 0 Å². The first-order chi connectivity index (χ1) is 12.1. The molecule has 0 aromatic heterocycles. The van der Waals surface area contributed by atoms with Gasteiger partial charge in [0, 0.05) is 12.2 Å². The molecule has 0 amide bonds. The van der Waals surface area contributed by atoms with Crippen molar-refractivity contribution in [3.63, 3.8) is 0 Å². The number of carbonyl (C=O) groups is 1. The highest BCUT2D eigenvalue weighted by Gasteiger charge is 2.18. The lowest BCUT2D eigenvalue weighted by Gasteiger charge is -2.25. The van der Waals surface area contributed by atoms with Gasteiger partial charge in [0.2, 0.25) is 0 Å². The highest BCUT2D eigenvalue weighted by atomic mass is 16.2. The Kier molecular flexibility index (Phi) is 15.6. The molecule has 0 aliphatic heterocycles. The summed E-state index contributed by atoms with van der Waals surface area (Å²) < 4.78 is 0. The number of unbranched alkanes of at least 4 members (excludes halogenated alkanes) is 5. The molecule has 144 valence electrons. The van der Waals surface area contributed by atoms with E-state index in [4.69, 9.17) is 5.11 Å². The van der Waals surface area contributed by atoms with Gasteiger partial charge in [0.25, 0.3) is 0 Å². The molecule has 1 aliphatic rings. The van der Waals surface area contributed by atoms with Crippen molar-refractivity contribution in [2.45, 2.75) is 97.8 Å². The van der Waals surface area contributed by atoms with Gasteiger partial charge in [-0.25, -0.2) is 0 Å². The average molecular weight is 349 g/mol. The molecule has 2 rings (SSSR count). The van der Waals surface area contributed by atoms with Crippen LogP contribution >= 0.6 is 0 Å². The Bertz CT molecular complexity index is 410. The second-order valence-corrected chi connectivity index (χ2v) is 6.94. The topological polar surface area (TPSA) is 37.3 Å². The van der Waals surface area contributed by atoms with E-state index in [9.17, 15) is 4.79 Å². The molecule has 1 fully saturated rings. The summed E-state index contributed by atoms with van der Waals surface area (Å²) in [5, 5.41) is 8.37. The third-order valence-corrected chi connectivity index (χ3v) is 4.66. The van der Waals surface area contributed by atoms with Crippen molar-refractivity contribution in [1.82, 2.24) is 0 Å². The van der Waals surface area contributed by atoms with Crippen LogP contribution in [0.15, 0.2) is 24.3 Å². The van der Waals surface area contributed by atoms with Gasteiger partial charge < -0.3 is 5.11 Å². The lowest BCUT2D eigenvalue weighted by molar-refractivity contribution is 0.101. The van der Waals surface area contributed by atoms with E-state index in [-0.39, 0.29) is 5.78 Å². The Morgan fingerprint density at radius 1 is 0.920 bits per heavy atom. The maximum absolute atomic E-state index is 11.0. The number of Topliss-reactive ketones (excluding diaryl/α,β-unsaturated/α-hetero) is 1. The Labute approximate surface area is 156 Å². The molecule has 1 N–H and O–H groups in total. The fourth-order valence-electron chi connectivity index (χ4n) is 2.45. The van der Waals surface area contributed by atoms with Crippen LogP contribution in [0.3, 0.4) is 0 Å². The lowest BCUT2D eigenvalue weighted by atomic mass is 9.80. The molecule has 2 nitrogen and oxygen atoms in total. The van der Waals surface area contributed by atoms with Crippen LogP contribution in [0.1, 0.15) is 114 Å². The molecular weight excluding hydrogens is 308 g/mol. The minimum absolute atomic E-state index is 0.153. The van der Waals surface area contributed by atoms with Crippen molar-refractivity contribution < 1.29 is 9.90 Å². The summed E-state index contributed by atoms with van der Waals surface area (Å²) in [7, 11) is 0. The van der Waals surface area contributed by atoms with E-state index in [1.807, 2.05) is 12.1 Å². The summed E-state index contributed by atoms with van der Waals surface area (Å²) in [6, 6.07) is 8.08. The smallest absolute Gasteiger partial charge is 0.159 e. The van der Waals surface area contributed by atoms with E-state index >= 15 is 0 Å². The van der Waals surface area contributed by atoms with Gasteiger partial charge >= 0.3 is 0 Å². The van der Waals surface area contributed by atoms with Gasteiger partial charge in [0.15, 0.2) is 5.78 Å². The zero-order valence-corrected chi connectivity index (χ0v) is 17.0. The molecule has 0 bridgehead atoms. The van der Waals surface area contributed by atoms with E-state index in [0.29, 0.717) is 6.61 Å². The van der Waals surface area contributed by atoms with Crippen LogP contribution < -0.4 is 0 Å². The Balaban J connectivity index is 0.000000413. The third-order valence-electron chi connectivity index (χ3n) is 4.66. The quantitative estimate of drug-likeness (QED) is 0.409. The maximum Gasteiger partial charge on any atom is 0.159 e. The second kappa shape index (κ2) is 16.3. The molecule has 2 heteroatoms. The normalized spacial score (nSPS) is 13.0. The minimum Gasteiger partial charge on any atom is -0.396 e. The van der Waals surface area contributed by atoms with Crippen LogP contribution in [0, 0.1) is 0 Å². The summed E-state index contributed by atoms with van der Waals surface area (Å²) in [4.78, 5) is 11.0. The van der Waals surface area contributed by atoms with Crippen molar-refractivity contribution in [3.05, 3.63) is 35.4 Å². The number of hydrogen-bond donors (Lipinski definition) is 1. The number of aliphatic hydroxyl groups excluding tert-OH is 1. The Morgan fingerprint density at radius 3 is 1.84 bits per heavy atom. The molecule has 0 unspecified atom stereocenters. The van der Waals surface area contributed by atoms with E-state index in [0.717, 1.165) is 17.9 Å². The van der Waals surface area contributed by atoms with Crippen molar-refractivity contribution >= 4 is 5.78 Å². The maximum atomic E-state index is 11.0. The Hall–Kier alpha value is -1.15. The number of hydrogen-bond acceptors (Lipinski definition) is 2. The molecule has 0 spiro atoms. The molecular formula is C23H40O2. The first kappa shape index (κ1) is 23.9. The van der Waals surface area contributed by atoms with Gasteiger partial charge in [-0.15, -0.1) is 0 Å². The number of carbonyl (C=O) groups excluding carboxylic acids is 1. The SMILES string of the molecule is CC(=O)c1ccc(C2CCC2)cc1.CCCC.CCCCCCCO. The zero-order valence-electron chi connectivity index (χ0n) is 17.0. The predicted octanol–water partition coefficient (Wildman–Crippen LogP) is 6.91. The van der Waals surface area contributed by atoms with E-state index < -0.39 is 0 Å². The minimum atomic E-state index is 0.153. The highest BCUT2D eigenvalue weighted by molar-refractivity contribution is 5.94. The first-order valence-corrected chi connectivity index (χ1v) is 10.3. The highest BCUT2D eigenvalue weighted by Crippen LogP contribution is 2.36. The van der Waals surface area contributed by atoms with Crippen molar-refractivity contribution in [2.75, 3.05) is 6.61 Å². The molecule has 1 aliphatic carbocycles. The van der Waals surface area contributed by atoms with Crippen molar-refractivity contribution in [3.8, 4) is 0 Å². The number of ketones is 1. The van der Waals surface area contributed by atoms with Gasteiger partial charge in [-0.1, -0.05) is 90.0 Å². The van der Waals surface area contributed by atoms with Crippen molar-refractivity contribution in [2.24, 2.45) is 0 Å². The van der Waals surface area contributed by atoms with E-state index in [1.165, 1.54) is 63.4 Å². The fraction of sp³-hybridized carbons (Fsp3) is 0.696. The fourth-order valence-corrected chi connectivity index (χ4v) is 2.45. The predicted molar refractivity (Wildman–Crippen MR) is 109 cm³/mol. The summed E-state index contributed by atoms with van der Waals surface area (Å²) in [6.45, 7) is 8.53. The standard InChI is InChI=1S/C12H14O.C7H16O.C4H10/c1-9(13)10-5-7-12(8-6-10)11-3-2-4-11;1-2-3-4-5-6-7-8;1-3-4-2/h5-8,11H,2-4H2,1H3;8H,2-7H2,1H3;3-4H2,1-2H3. The van der Waals surface area contributed by atoms with Gasteiger partial charge in [0.05, 0.1) is 0 Å².